The second-order valence-corrected chi connectivity index (χ2v) is 6.50. The average molecular weight is 339 g/mol. The summed E-state index contributed by atoms with van der Waals surface area (Å²) in [6, 6.07) is 15.9. The molecule has 0 saturated heterocycles. The number of benzene rings is 2. The quantitative estimate of drug-likeness (QED) is 0.735. The number of nitrogens with zero attached hydrogens (tertiary/aromatic N) is 2. The minimum atomic E-state index is -0.0336. The lowest BCUT2D eigenvalue weighted by Gasteiger charge is -2.10. The molecular weight excluding hydrogens is 318 g/mol. The summed E-state index contributed by atoms with van der Waals surface area (Å²) in [4.78, 5) is 17.2. The molecule has 3 aromatic rings. The summed E-state index contributed by atoms with van der Waals surface area (Å²) in [6.07, 6.45) is 2.99. The van der Waals surface area contributed by atoms with Crippen molar-refractivity contribution in [3.63, 3.8) is 0 Å². The van der Waals surface area contributed by atoms with Crippen LogP contribution in [-0.2, 0) is 23.5 Å². The smallest absolute Gasteiger partial charge is 0.244 e. The summed E-state index contributed by atoms with van der Waals surface area (Å²) in [6.45, 7) is 2.38. The van der Waals surface area contributed by atoms with Gasteiger partial charge < -0.3 is 9.88 Å². The number of aryl methyl sites for hydroxylation is 1. The van der Waals surface area contributed by atoms with Crippen molar-refractivity contribution in [1.29, 1.82) is 0 Å². The molecule has 0 spiro atoms. The molecule has 2 aromatic carbocycles. The largest absolute Gasteiger partial charge is 0.325 e. The fourth-order valence-corrected chi connectivity index (χ4v) is 3.23. The zero-order valence-corrected chi connectivity index (χ0v) is 14.8. The van der Waals surface area contributed by atoms with Crippen molar-refractivity contribution in [2.75, 3.05) is 11.6 Å². The van der Waals surface area contributed by atoms with Crippen LogP contribution in [0.15, 0.2) is 48.5 Å². The standard InChI is InChI=1S/C19H21N3OS/c1-3-14-7-6-8-15(11-14)20-19(23)12-22-17-10-5-4-9-16(17)21-18(22)13-24-2/h4-11H,3,12-13H2,1-2H3,(H,20,23). The van der Waals surface area contributed by atoms with Gasteiger partial charge in [0.25, 0.3) is 0 Å². The summed E-state index contributed by atoms with van der Waals surface area (Å²) < 4.78 is 2.00. The van der Waals surface area contributed by atoms with E-state index in [4.69, 9.17) is 0 Å². The first-order valence-electron chi connectivity index (χ1n) is 8.03. The third-order valence-electron chi connectivity index (χ3n) is 3.93. The molecule has 4 nitrogen and oxygen atoms in total. The van der Waals surface area contributed by atoms with Crippen molar-refractivity contribution in [1.82, 2.24) is 9.55 Å². The first kappa shape index (κ1) is 16.6. The number of anilines is 1. The predicted molar refractivity (Wildman–Crippen MR) is 101 cm³/mol. The molecule has 1 amide bonds. The number of thioether (sulfide) groups is 1. The van der Waals surface area contributed by atoms with E-state index in [9.17, 15) is 4.79 Å². The summed E-state index contributed by atoms with van der Waals surface area (Å²) in [7, 11) is 0. The van der Waals surface area contributed by atoms with Crippen LogP contribution in [0.25, 0.3) is 11.0 Å². The van der Waals surface area contributed by atoms with E-state index in [2.05, 4.69) is 23.3 Å². The zero-order chi connectivity index (χ0) is 16.9. The number of fused-ring (bicyclic) bond motifs is 1. The minimum Gasteiger partial charge on any atom is -0.325 e. The number of rotatable bonds is 6. The Kier molecular flexibility index (Phi) is 5.20. The SMILES string of the molecule is CCc1cccc(NC(=O)Cn2c(CSC)nc3ccccc32)c1. The molecule has 0 aliphatic carbocycles. The third kappa shape index (κ3) is 3.62. The number of para-hydroxylation sites is 2. The Bertz CT molecular complexity index is 857. The lowest BCUT2D eigenvalue weighted by atomic mass is 10.1. The molecule has 24 heavy (non-hydrogen) atoms. The topological polar surface area (TPSA) is 46.9 Å². The maximum atomic E-state index is 12.5. The molecule has 0 bridgehead atoms. The highest BCUT2D eigenvalue weighted by Gasteiger charge is 2.13. The van der Waals surface area contributed by atoms with Crippen molar-refractivity contribution in [2.24, 2.45) is 0 Å². The van der Waals surface area contributed by atoms with E-state index in [1.165, 1.54) is 5.56 Å². The summed E-state index contributed by atoms with van der Waals surface area (Å²) in [5.41, 5.74) is 3.99. The molecule has 0 atom stereocenters. The van der Waals surface area contributed by atoms with E-state index in [0.717, 1.165) is 34.7 Å². The maximum absolute atomic E-state index is 12.5. The average Bonchev–Trinajstić information content (AvgIpc) is 2.93. The number of hydrogen-bond acceptors (Lipinski definition) is 3. The Morgan fingerprint density at radius 3 is 2.83 bits per heavy atom. The van der Waals surface area contributed by atoms with Gasteiger partial charge in [-0.3, -0.25) is 4.79 Å². The van der Waals surface area contributed by atoms with Gasteiger partial charge in [-0.1, -0.05) is 31.2 Å². The van der Waals surface area contributed by atoms with Crippen LogP contribution in [0.4, 0.5) is 5.69 Å². The molecule has 1 N–H and O–H groups in total. The zero-order valence-electron chi connectivity index (χ0n) is 14.0. The molecule has 5 heteroatoms. The van der Waals surface area contributed by atoms with Gasteiger partial charge in [0.15, 0.2) is 0 Å². The van der Waals surface area contributed by atoms with Crippen LogP contribution in [0, 0.1) is 0 Å². The molecule has 1 heterocycles. The second kappa shape index (κ2) is 7.53. The van der Waals surface area contributed by atoms with Gasteiger partial charge in [-0.05, 0) is 42.5 Å². The van der Waals surface area contributed by atoms with Crippen LogP contribution in [0.3, 0.4) is 0 Å². The summed E-state index contributed by atoms with van der Waals surface area (Å²) >= 11 is 1.71. The number of amides is 1. The normalized spacial score (nSPS) is 10.9. The van der Waals surface area contributed by atoms with Crippen molar-refractivity contribution < 1.29 is 4.79 Å². The third-order valence-corrected chi connectivity index (χ3v) is 4.47. The van der Waals surface area contributed by atoms with Gasteiger partial charge in [-0.15, -0.1) is 0 Å². The van der Waals surface area contributed by atoms with E-state index in [-0.39, 0.29) is 12.5 Å². The number of carbonyl (C=O) groups is 1. The van der Waals surface area contributed by atoms with E-state index >= 15 is 0 Å². The number of aromatic nitrogens is 2. The van der Waals surface area contributed by atoms with Crippen molar-refractivity contribution in [3.05, 3.63) is 59.9 Å². The van der Waals surface area contributed by atoms with Crippen LogP contribution < -0.4 is 5.32 Å². The van der Waals surface area contributed by atoms with Crippen molar-refractivity contribution in [2.45, 2.75) is 25.6 Å². The van der Waals surface area contributed by atoms with Crippen LogP contribution in [0.1, 0.15) is 18.3 Å². The van der Waals surface area contributed by atoms with Gasteiger partial charge in [-0.2, -0.15) is 11.8 Å². The van der Waals surface area contributed by atoms with E-state index in [1.54, 1.807) is 11.8 Å². The molecule has 3 rings (SSSR count). The second-order valence-electron chi connectivity index (χ2n) is 5.64. The number of imidazole rings is 1. The first-order chi connectivity index (χ1) is 11.7. The summed E-state index contributed by atoms with van der Waals surface area (Å²) in [5.74, 6) is 1.68. The first-order valence-corrected chi connectivity index (χ1v) is 9.42. The predicted octanol–water partition coefficient (Wildman–Crippen LogP) is 4.10. The summed E-state index contributed by atoms with van der Waals surface area (Å²) in [5, 5.41) is 2.99. The van der Waals surface area contributed by atoms with Crippen molar-refractivity contribution in [3.8, 4) is 0 Å². The fraction of sp³-hybridized carbons (Fsp3) is 0.263. The van der Waals surface area contributed by atoms with Crippen molar-refractivity contribution >= 4 is 34.4 Å². The highest BCUT2D eigenvalue weighted by molar-refractivity contribution is 7.97. The van der Waals surface area contributed by atoms with E-state index < -0.39 is 0 Å². The number of carbonyl (C=O) groups excluding carboxylic acids is 1. The number of nitrogens with one attached hydrogen (secondary N) is 1. The van der Waals surface area contributed by atoms with Crippen LogP contribution in [0.5, 0.6) is 0 Å². The van der Waals surface area contributed by atoms with Gasteiger partial charge in [0, 0.05) is 5.69 Å². The molecule has 0 saturated carbocycles. The number of hydrogen-bond donors (Lipinski definition) is 1. The molecule has 124 valence electrons. The Labute approximate surface area is 146 Å². The van der Waals surface area contributed by atoms with Crippen LogP contribution in [-0.4, -0.2) is 21.7 Å². The molecular formula is C19H21N3OS. The fourth-order valence-electron chi connectivity index (χ4n) is 2.75. The van der Waals surface area contributed by atoms with Gasteiger partial charge in [0.05, 0.1) is 16.8 Å². The highest BCUT2D eigenvalue weighted by atomic mass is 32.2. The monoisotopic (exact) mass is 339 g/mol. The van der Waals surface area contributed by atoms with Gasteiger partial charge in [0.1, 0.15) is 12.4 Å². The highest BCUT2D eigenvalue weighted by Crippen LogP contribution is 2.19. The molecule has 0 aliphatic heterocycles. The van der Waals surface area contributed by atoms with Gasteiger partial charge >= 0.3 is 0 Å². The van der Waals surface area contributed by atoms with E-state index in [1.807, 2.05) is 53.3 Å². The molecule has 0 radical (unpaired) electrons. The van der Waals surface area contributed by atoms with Gasteiger partial charge in [-0.25, -0.2) is 4.98 Å². The van der Waals surface area contributed by atoms with Crippen LogP contribution >= 0.6 is 11.8 Å². The molecule has 0 aliphatic rings. The van der Waals surface area contributed by atoms with E-state index in [0.29, 0.717) is 0 Å². The minimum absolute atomic E-state index is 0.0336. The lowest BCUT2D eigenvalue weighted by molar-refractivity contribution is -0.116. The Morgan fingerprint density at radius 2 is 2.04 bits per heavy atom. The molecule has 1 aromatic heterocycles. The Morgan fingerprint density at radius 1 is 1.21 bits per heavy atom. The maximum Gasteiger partial charge on any atom is 0.244 e. The molecule has 0 unspecified atom stereocenters. The Hall–Kier alpha value is -2.27. The lowest BCUT2D eigenvalue weighted by Crippen LogP contribution is -2.20. The van der Waals surface area contributed by atoms with Gasteiger partial charge in [0.2, 0.25) is 5.91 Å². The Balaban J connectivity index is 1.83. The van der Waals surface area contributed by atoms with Crippen LogP contribution in [0.2, 0.25) is 0 Å². The molecule has 0 fully saturated rings.